The average Bonchev–Trinajstić information content (AvgIpc) is 4.00. The predicted octanol–water partition coefficient (Wildman–Crippen LogP) is 14.6. The van der Waals surface area contributed by atoms with Crippen LogP contribution in [-0.4, -0.2) is 20.2 Å². The zero-order valence-corrected chi connectivity index (χ0v) is 35.4. The number of aromatic nitrogens is 4. The Labute approximate surface area is 377 Å². The summed E-state index contributed by atoms with van der Waals surface area (Å²) in [7, 11) is 0. The molecular formula is C59H41N5O. The van der Waals surface area contributed by atoms with Crippen molar-refractivity contribution in [2.24, 2.45) is 0 Å². The van der Waals surface area contributed by atoms with Crippen LogP contribution in [0.2, 0.25) is 0 Å². The summed E-state index contributed by atoms with van der Waals surface area (Å²) in [4.78, 5) is 13.0. The average molecular weight is 836 g/mol. The van der Waals surface area contributed by atoms with E-state index in [0.29, 0.717) is 11.8 Å². The lowest BCUT2D eigenvalue weighted by Gasteiger charge is -2.36. The Morgan fingerprint density at radius 1 is 0.446 bits per heavy atom. The van der Waals surface area contributed by atoms with Gasteiger partial charge >= 0.3 is 0 Å². The quantitative estimate of drug-likeness (QED) is 0.144. The molecular weight excluding hydrogens is 795 g/mol. The minimum absolute atomic E-state index is 0.449. The zero-order chi connectivity index (χ0) is 43.2. The first-order valence-corrected chi connectivity index (χ1v) is 22.1. The fourth-order valence-corrected chi connectivity index (χ4v) is 9.89. The molecule has 0 unspecified atom stereocenters. The number of rotatable bonds is 9. The second-order valence-electron chi connectivity index (χ2n) is 16.5. The monoisotopic (exact) mass is 835 g/mol. The molecule has 0 aliphatic heterocycles. The van der Waals surface area contributed by atoms with E-state index in [1.807, 2.05) is 66.7 Å². The van der Waals surface area contributed by atoms with Crippen molar-refractivity contribution in [1.29, 1.82) is 0 Å². The van der Waals surface area contributed by atoms with Crippen LogP contribution in [0.25, 0.3) is 62.0 Å². The van der Waals surface area contributed by atoms with Crippen molar-refractivity contribution in [1.82, 2.24) is 20.2 Å². The van der Waals surface area contributed by atoms with Crippen molar-refractivity contribution < 1.29 is 4.42 Å². The van der Waals surface area contributed by atoms with Gasteiger partial charge in [0.2, 0.25) is 11.8 Å². The van der Waals surface area contributed by atoms with E-state index in [2.05, 4.69) is 173 Å². The number of hydrogen-bond donors (Lipinski definition) is 0. The fraction of sp³-hybridized carbons (Fsp3) is 0.0508. The van der Waals surface area contributed by atoms with E-state index in [4.69, 9.17) is 14.4 Å². The van der Waals surface area contributed by atoms with Crippen LogP contribution in [0.3, 0.4) is 0 Å². The Balaban J connectivity index is 0.959. The highest BCUT2D eigenvalue weighted by Gasteiger charge is 2.47. The molecule has 0 saturated carbocycles. The summed E-state index contributed by atoms with van der Waals surface area (Å²) in [6.45, 7) is 0. The van der Waals surface area contributed by atoms with Gasteiger partial charge in [-0.05, 0) is 125 Å². The van der Waals surface area contributed by atoms with E-state index < -0.39 is 5.41 Å². The molecule has 0 amide bonds. The Hall–Kier alpha value is -8.48. The maximum absolute atomic E-state index is 6.09. The first-order valence-electron chi connectivity index (χ1n) is 22.1. The van der Waals surface area contributed by atoms with Crippen molar-refractivity contribution >= 4 is 33.7 Å². The first-order chi connectivity index (χ1) is 32.2. The molecule has 6 nitrogen and oxygen atoms in total. The van der Waals surface area contributed by atoms with Gasteiger partial charge in [-0.2, -0.15) is 0 Å². The molecule has 2 aliphatic carbocycles. The number of benzene rings is 8. The molecule has 2 heterocycles. The van der Waals surface area contributed by atoms with Gasteiger partial charge in [0.05, 0.1) is 27.8 Å². The minimum atomic E-state index is -0.449. The third-order valence-electron chi connectivity index (χ3n) is 12.8. The van der Waals surface area contributed by atoms with E-state index in [9.17, 15) is 0 Å². The molecule has 0 atom stereocenters. The smallest absolute Gasteiger partial charge is 0.248 e. The molecule has 0 spiro atoms. The Kier molecular flexibility index (Phi) is 9.41. The van der Waals surface area contributed by atoms with Crippen molar-refractivity contribution in [3.63, 3.8) is 0 Å². The van der Waals surface area contributed by atoms with Crippen molar-refractivity contribution in [3.8, 4) is 45.4 Å². The highest BCUT2D eigenvalue weighted by molar-refractivity contribution is 5.94. The fourth-order valence-electron chi connectivity index (χ4n) is 9.89. The van der Waals surface area contributed by atoms with Gasteiger partial charge in [-0.15, -0.1) is 10.2 Å². The summed E-state index contributed by atoms with van der Waals surface area (Å²) < 4.78 is 6.09. The van der Waals surface area contributed by atoms with Gasteiger partial charge in [0.1, 0.15) is 0 Å². The molecule has 12 rings (SSSR count). The molecule has 0 fully saturated rings. The van der Waals surface area contributed by atoms with Gasteiger partial charge in [0.25, 0.3) is 0 Å². The van der Waals surface area contributed by atoms with Crippen LogP contribution in [0.1, 0.15) is 35.1 Å². The summed E-state index contributed by atoms with van der Waals surface area (Å²) in [5, 5.41) is 8.67. The Morgan fingerprint density at radius 3 is 1.52 bits per heavy atom. The molecule has 0 radical (unpaired) electrons. The second kappa shape index (κ2) is 16.0. The topological polar surface area (TPSA) is 67.9 Å². The van der Waals surface area contributed by atoms with E-state index in [1.54, 1.807) is 0 Å². The molecule has 308 valence electrons. The highest BCUT2D eigenvalue weighted by Crippen LogP contribution is 2.58. The van der Waals surface area contributed by atoms with Gasteiger partial charge in [-0.25, -0.2) is 9.97 Å². The maximum Gasteiger partial charge on any atom is 0.248 e. The molecule has 0 bridgehead atoms. The molecule has 6 heteroatoms. The number of anilines is 3. The largest absolute Gasteiger partial charge is 0.416 e. The van der Waals surface area contributed by atoms with Gasteiger partial charge in [0.15, 0.2) is 0 Å². The van der Waals surface area contributed by atoms with Gasteiger partial charge < -0.3 is 9.32 Å². The molecule has 0 N–H and O–H groups in total. The van der Waals surface area contributed by atoms with Crippen LogP contribution in [0.5, 0.6) is 0 Å². The maximum atomic E-state index is 6.09. The normalized spacial score (nSPS) is 13.7. The summed E-state index contributed by atoms with van der Waals surface area (Å²) in [6.07, 6.45) is 6.67. The van der Waals surface area contributed by atoms with E-state index in [1.165, 1.54) is 33.4 Å². The minimum Gasteiger partial charge on any atom is -0.416 e. The number of para-hydroxylation sites is 3. The predicted molar refractivity (Wildman–Crippen MR) is 262 cm³/mol. The molecule has 0 saturated heterocycles. The first kappa shape index (κ1) is 38.2. The summed E-state index contributed by atoms with van der Waals surface area (Å²) >= 11 is 0. The third-order valence-corrected chi connectivity index (χ3v) is 12.8. The number of fused-ring (bicyclic) bond motifs is 3. The number of hydrogen-bond acceptors (Lipinski definition) is 6. The lowest BCUT2D eigenvalue weighted by Crippen LogP contribution is -2.30. The highest BCUT2D eigenvalue weighted by atomic mass is 16.4. The van der Waals surface area contributed by atoms with Crippen LogP contribution >= 0.6 is 0 Å². The zero-order valence-electron chi connectivity index (χ0n) is 35.4. The lowest BCUT2D eigenvalue weighted by atomic mass is 9.65. The van der Waals surface area contributed by atoms with Gasteiger partial charge in [-0.3, -0.25) is 0 Å². The van der Waals surface area contributed by atoms with Crippen LogP contribution in [0.15, 0.2) is 234 Å². The molecule has 65 heavy (non-hydrogen) atoms. The standard InChI is InChI=1S/C59H41N5O/c1-5-17-41(18-6-1)57-62-63-58(65-57)42-31-36-48(37-32-42)64(46-23-11-4-12-24-46)47-34-29-40(30-35-47)55-56(61-54-28-16-15-27-53(54)60-55)43-33-38-50-49-25-13-14-26-51(49)59(52(50)39-43,44-19-7-2-8-20-44)45-21-9-3-10-22-45/h1-13,15-25,27-39H,14,26H2. The molecule has 10 aromatic rings. The molecule has 2 aliphatic rings. The van der Waals surface area contributed by atoms with Crippen LogP contribution in [-0.2, 0) is 5.41 Å². The van der Waals surface area contributed by atoms with Gasteiger partial charge in [0, 0.05) is 39.3 Å². The van der Waals surface area contributed by atoms with Gasteiger partial charge in [-0.1, -0.05) is 146 Å². The summed E-state index contributed by atoms with van der Waals surface area (Å²) in [6, 6.07) is 74.4. The molecule has 8 aromatic carbocycles. The van der Waals surface area contributed by atoms with Crippen molar-refractivity contribution in [2.75, 3.05) is 4.90 Å². The third kappa shape index (κ3) is 6.58. The summed E-state index contributed by atoms with van der Waals surface area (Å²) in [5.41, 5.74) is 17.6. The summed E-state index contributed by atoms with van der Waals surface area (Å²) in [5.74, 6) is 0.965. The van der Waals surface area contributed by atoms with E-state index in [0.717, 1.165) is 74.6 Å². The number of nitrogens with zero attached hydrogens (tertiary/aromatic N) is 5. The van der Waals surface area contributed by atoms with E-state index >= 15 is 0 Å². The Bertz CT molecular complexity index is 3360. The van der Waals surface area contributed by atoms with Crippen molar-refractivity contribution in [2.45, 2.75) is 18.3 Å². The Morgan fingerprint density at radius 2 is 0.923 bits per heavy atom. The SMILES string of the molecule is C1=CC2=C(CC1)C(c1ccccc1)(c1ccccc1)c1cc(-c3nc4ccccc4nc3-c3ccc(N(c4ccccc4)c4ccc(-c5nnc(-c6ccccc6)o5)cc4)cc3)ccc12. The van der Waals surface area contributed by atoms with E-state index in [-0.39, 0.29) is 0 Å². The van der Waals surface area contributed by atoms with Crippen LogP contribution in [0.4, 0.5) is 17.1 Å². The lowest BCUT2D eigenvalue weighted by molar-refractivity contribution is 0.584. The van der Waals surface area contributed by atoms with Crippen LogP contribution < -0.4 is 4.90 Å². The van der Waals surface area contributed by atoms with Crippen LogP contribution in [0, 0.1) is 0 Å². The number of allylic oxidation sites excluding steroid dienone is 4. The molecule has 2 aromatic heterocycles. The van der Waals surface area contributed by atoms with Crippen molar-refractivity contribution in [3.05, 3.63) is 252 Å². The second-order valence-corrected chi connectivity index (χ2v) is 16.5.